The lowest BCUT2D eigenvalue weighted by Crippen LogP contribution is -2.19. The average Bonchev–Trinajstić information content (AvgIpc) is 2.94. The van der Waals surface area contributed by atoms with E-state index >= 15 is 0 Å². The fraction of sp³-hybridized carbons (Fsp3) is 0.364. The molecule has 0 unspecified atom stereocenters. The summed E-state index contributed by atoms with van der Waals surface area (Å²) >= 11 is 6.93. The number of thiazole rings is 1. The zero-order valence-electron chi connectivity index (χ0n) is 9.52. The minimum atomic E-state index is 0.573. The Morgan fingerprint density at radius 2 is 2.18 bits per heavy atom. The molecule has 0 saturated heterocycles. The topological polar surface area (TPSA) is 42.2 Å². The fourth-order valence-corrected chi connectivity index (χ4v) is 3.68. The fourth-order valence-electron chi connectivity index (χ4n) is 1.43. The van der Waals surface area contributed by atoms with Gasteiger partial charge in [0.1, 0.15) is 0 Å². The molecule has 92 valence electrons. The molecule has 0 aliphatic rings. The molecule has 0 saturated carbocycles. The number of nitrogens with two attached hydrogens (primary N) is 1. The van der Waals surface area contributed by atoms with Gasteiger partial charge in [-0.3, -0.25) is 0 Å². The Morgan fingerprint density at radius 1 is 1.35 bits per heavy atom. The van der Waals surface area contributed by atoms with Gasteiger partial charge in [0, 0.05) is 36.1 Å². The summed E-state index contributed by atoms with van der Waals surface area (Å²) in [6.07, 6.45) is 2.91. The van der Waals surface area contributed by atoms with Crippen molar-refractivity contribution in [2.24, 2.45) is 5.73 Å². The van der Waals surface area contributed by atoms with Crippen molar-refractivity contribution in [2.45, 2.75) is 13.0 Å². The standard InChI is InChI=1S/C11H14BrN3S2/c1-15(11-14-7-9(6-13)17-11)5-4-8-2-3-10(12)16-8/h2-3,7H,4-6,13H2,1H3. The summed E-state index contributed by atoms with van der Waals surface area (Å²) in [5, 5.41) is 1.04. The quantitative estimate of drug-likeness (QED) is 0.915. The molecule has 0 bridgehead atoms. The number of anilines is 1. The highest BCUT2D eigenvalue weighted by Gasteiger charge is 2.07. The molecule has 0 radical (unpaired) electrons. The van der Waals surface area contributed by atoms with Gasteiger partial charge in [-0.1, -0.05) is 0 Å². The molecule has 0 aliphatic carbocycles. The van der Waals surface area contributed by atoms with Gasteiger partial charge >= 0.3 is 0 Å². The van der Waals surface area contributed by atoms with Gasteiger partial charge in [-0.2, -0.15) is 0 Å². The van der Waals surface area contributed by atoms with Crippen LogP contribution in [0.2, 0.25) is 0 Å². The summed E-state index contributed by atoms with van der Waals surface area (Å²) < 4.78 is 1.19. The van der Waals surface area contributed by atoms with Crippen LogP contribution >= 0.6 is 38.6 Å². The van der Waals surface area contributed by atoms with Crippen molar-refractivity contribution in [3.8, 4) is 0 Å². The Labute approximate surface area is 117 Å². The highest BCUT2D eigenvalue weighted by atomic mass is 79.9. The maximum atomic E-state index is 5.58. The van der Waals surface area contributed by atoms with E-state index in [1.807, 2.05) is 6.20 Å². The third-order valence-electron chi connectivity index (χ3n) is 2.39. The number of aromatic nitrogens is 1. The number of hydrogen-bond acceptors (Lipinski definition) is 5. The maximum absolute atomic E-state index is 5.58. The van der Waals surface area contributed by atoms with Crippen LogP contribution in [0.5, 0.6) is 0 Å². The molecule has 0 spiro atoms. The van der Waals surface area contributed by atoms with Crippen molar-refractivity contribution in [1.29, 1.82) is 0 Å². The van der Waals surface area contributed by atoms with Crippen LogP contribution in [0.25, 0.3) is 0 Å². The van der Waals surface area contributed by atoms with Crippen molar-refractivity contribution in [3.05, 3.63) is 31.9 Å². The zero-order chi connectivity index (χ0) is 12.3. The van der Waals surface area contributed by atoms with Crippen LogP contribution < -0.4 is 10.6 Å². The molecule has 0 atom stereocenters. The number of hydrogen-bond donors (Lipinski definition) is 1. The first-order valence-corrected chi connectivity index (χ1v) is 7.72. The third kappa shape index (κ3) is 3.51. The second kappa shape index (κ2) is 5.95. The molecule has 2 rings (SSSR count). The van der Waals surface area contributed by atoms with Crippen molar-refractivity contribution in [1.82, 2.24) is 4.98 Å². The third-order valence-corrected chi connectivity index (χ3v) is 5.21. The Morgan fingerprint density at radius 3 is 2.76 bits per heavy atom. The number of thiophene rings is 1. The Balaban J connectivity index is 1.90. The van der Waals surface area contributed by atoms with E-state index in [0.29, 0.717) is 6.54 Å². The summed E-state index contributed by atoms with van der Waals surface area (Å²) in [7, 11) is 2.07. The van der Waals surface area contributed by atoms with E-state index in [2.05, 4.69) is 45.0 Å². The second-order valence-corrected chi connectivity index (χ2v) is 7.33. The highest BCUT2D eigenvalue weighted by Crippen LogP contribution is 2.24. The molecule has 6 heteroatoms. The first kappa shape index (κ1) is 13.0. The van der Waals surface area contributed by atoms with Crippen LogP contribution in [-0.2, 0) is 13.0 Å². The van der Waals surface area contributed by atoms with Gasteiger partial charge in [-0.15, -0.1) is 22.7 Å². The van der Waals surface area contributed by atoms with Crippen molar-refractivity contribution < 1.29 is 0 Å². The number of rotatable bonds is 5. The van der Waals surface area contributed by atoms with E-state index in [4.69, 9.17) is 5.73 Å². The molecule has 0 aliphatic heterocycles. The number of likely N-dealkylation sites (N-methyl/N-ethyl adjacent to an activating group) is 1. The monoisotopic (exact) mass is 331 g/mol. The summed E-state index contributed by atoms with van der Waals surface area (Å²) in [6.45, 7) is 1.55. The molecule has 0 fully saturated rings. The number of nitrogens with zero attached hydrogens (tertiary/aromatic N) is 2. The minimum absolute atomic E-state index is 0.573. The Bertz CT molecular complexity index is 481. The summed E-state index contributed by atoms with van der Waals surface area (Å²) in [6, 6.07) is 4.26. The second-order valence-electron chi connectivity index (χ2n) is 3.69. The van der Waals surface area contributed by atoms with Crippen LogP contribution in [0.4, 0.5) is 5.13 Å². The van der Waals surface area contributed by atoms with Crippen LogP contribution in [0.15, 0.2) is 22.1 Å². The lowest BCUT2D eigenvalue weighted by atomic mass is 10.3. The van der Waals surface area contributed by atoms with Gasteiger partial charge in [-0.05, 0) is 34.5 Å². The number of halogens is 1. The molecule has 2 heterocycles. The normalized spacial score (nSPS) is 10.8. The smallest absolute Gasteiger partial charge is 0.185 e. The van der Waals surface area contributed by atoms with E-state index in [0.717, 1.165) is 23.0 Å². The van der Waals surface area contributed by atoms with Crippen LogP contribution in [-0.4, -0.2) is 18.6 Å². The van der Waals surface area contributed by atoms with Gasteiger partial charge in [-0.25, -0.2) is 4.98 Å². The van der Waals surface area contributed by atoms with E-state index in [1.54, 1.807) is 22.7 Å². The highest BCUT2D eigenvalue weighted by molar-refractivity contribution is 9.11. The molecule has 0 aromatic carbocycles. The molecule has 2 aromatic rings. The van der Waals surface area contributed by atoms with Gasteiger partial charge in [0.2, 0.25) is 0 Å². The Kier molecular flexibility index (Phi) is 4.55. The molecular formula is C11H14BrN3S2. The van der Waals surface area contributed by atoms with E-state index in [1.165, 1.54) is 8.66 Å². The van der Waals surface area contributed by atoms with E-state index in [-0.39, 0.29) is 0 Å². The molecule has 17 heavy (non-hydrogen) atoms. The lowest BCUT2D eigenvalue weighted by molar-refractivity contribution is 0.881. The van der Waals surface area contributed by atoms with E-state index < -0.39 is 0 Å². The molecule has 3 nitrogen and oxygen atoms in total. The van der Waals surface area contributed by atoms with Crippen LogP contribution in [0, 0.1) is 0 Å². The Hall–Kier alpha value is -0.430. The largest absolute Gasteiger partial charge is 0.351 e. The first-order chi connectivity index (χ1) is 8.19. The average molecular weight is 332 g/mol. The molecule has 2 aromatic heterocycles. The SMILES string of the molecule is CN(CCc1ccc(Br)s1)c1ncc(CN)s1. The van der Waals surface area contributed by atoms with Gasteiger partial charge in [0.25, 0.3) is 0 Å². The van der Waals surface area contributed by atoms with E-state index in [9.17, 15) is 0 Å². The predicted molar refractivity (Wildman–Crippen MR) is 79.0 cm³/mol. The first-order valence-electron chi connectivity index (χ1n) is 5.29. The zero-order valence-corrected chi connectivity index (χ0v) is 12.7. The molecule has 2 N–H and O–H groups in total. The minimum Gasteiger partial charge on any atom is -0.351 e. The summed E-state index contributed by atoms with van der Waals surface area (Å²) in [5.74, 6) is 0. The lowest BCUT2D eigenvalue weighted by Gasteiger charge is -2.14. The van der Waals surface area contributed by atoms with Crippen molar-refractivity contribution in [2.75, 3.05) is 18.5 Å². The maximum Gasteiger partial charge on any atom is 0.185 e. The van der Waals surface area contributed by atoms with Crippen molar-refractivity contribution in [3.63, 3.8) is 0 Å². The predicted octanol–water partition coefficient (Wildman–Crippen LogP) is 3.10. The van der Waals surface area contributed by atoms with Gasteiger partial charge in [0.15, 0.2) is 5.13 Å². The summed E-state index contributed by atoms with van der Waals surface area (Å²) in [4.78, 5) is 9.06. The van der Waals surface area contributed by atoms with Gasteiger partial charge in [0.05, 0.1) is 3.79 Å². The van der Waals surface area contributed by atoms with Crippen LogP contribution in [0.1, 0.15) is 9.75 Å². The van der Waals surface area contributed by atoms with Crippen LogP contribution in [0.3, 0.4) is 0 Å². The van der Waals surface area contributed by atoms with Crippen molar-refractivity contribution >= 4 is 43.7 Å². The molecular weight excluding hydrogens is 318 g/mol. The summed E-state index contributed by atoms with van der Waals surface area (Å²) in [5.41, 5.74) is 5.58. The van der Waals surface area contributed by atoms with Gasteiger partial charge < -0.3 is 10.6 Å². The molecule has 0 amide bonds.